The zero-order valence-corrected chi connectivity index (χ0v) is 19.1. The van der Waals surface area contributed by atoms with E-state index >= 15 is 0 Å². The van der Waals surface area contributed by atoms with Crippen LogP contribution in [-0.2, 0) is 14.4 Å². The van der Waals surface area contributed by atoms with Crippen LogP contribution in [0.15, 0.2) is 18.5 Å². The molecule has 0 aromatic carbocycles. The van der Waals surface area contributed by atoms with E-state index in [4.69, 9.17) is 0 Å². The second-order valence-corrected chi connectivity index (χ2v) is 10.4. The summed E-state index contributed by atoms with van der Waals surface area (Å²) in [5, 5.41) is 0. The van der Waals surface area contributed by atoms with E-state index in [0.717, 1.165) is 57.9 Å². The molecule has 3 aliphatic carbocycles. The average molecular weight is 440 g/mol. The number of anilines is 1. The molecule has 0 radical (unpaired) electrons. The molecule has 3 saturated carbocycles. The zero-order chi connectivity index (χ0) is 22.5. The number of aromatic nitrogens is 2. The molecular weight excluding hydrogens is 406 g/mol. The standard InChI is InChI=1S/C24H33N5O3/c1-16-14-24(2)15-17(30)18(16)19-20(24)22(32)29(21(19)31)9-4-3-8-27-10-12-28(13-11-27)23-25-6-5-7-26-23/h5-7,16,18-20H,3-4,8-15H2,1-2H3/t16?,18-,19?,20?,24+/m0/s1. The normalized spacial score (nSPS) is 35.0. The van der Waals surface area contributed by atoms with Crippen LogP contribution in [0.5, 0.6) is 0 Å². The van der Waals surface area contributed by atoms with Crippen LogP contribution in [0.2, 0.25) is 0 Å². The number of rotatable bonds is 6. The molecule has 1 aromatic heterocycles. The maximum absolute atomic E-state index is 13.2. The minimum Gasteiger partial charge on any atom is -0.338 e. The highest BCUT2D eigenvalue weighted by Crippen LogP contribution is 2.60. The first-order valence-corrected chi connectivity index (χ1v) is 12.0. The Morgan fingerprint density at radius 2 is 1.66 bits per heavy atom. The monoisotopic (exact) mass is 439 g/mol. The van der Waals surface area contributed by atoms with Crippen LogP contribution >= 0.6 is 0 Å². The summed E-state index contributed by atoms with van der Waals surface area (Å²) in [7, 11) is 0. The predicted molar refractivity (Wildman–Crippen MR) is 119 cm³/mol. The smallest absolute Gasteiger partial charge is 0.233 e. The topological polar surface area (TPSA) is 86.7 Å². The summed E-state index contributed by atoms with van der Waals surface area (Å²) < 4.78 is 0. The molecule has 0 N–H and O–H groups in total. The fourth-order valence-electron chi connectivity index (χ4n) is 6.86. The van der Waals surface area contributed by atoms with Crippen molar-refractivity contribution >= 4 is 23.5 Å². The average Bonchev–Trinajstić information content (AvgIpc) is 3.03. The van der Waals surface area contributed by atoms with Gasteiger partial charge in [0.2, 0.25) is 17.8 Å². The van der Waals surface area contributed by atoms with Gasteiger partial charge in [0.05, 0.1) is 11.8 Å². The van der Waals surface area contributed by atoms with E-state index in [2.05, 4.69) is 26.7 Å². The lowest BCUT2D eigenvalue weighted by atomic mass is 9.48. The molecule has 0 spiro atoms. The third-order valence-corrected chi connectivity index (χ3v) is 8.24. The van der Waals surface area contributed by atoms with Crippen LogP contribution in [-0.4, -0.2) is 76.6 Å². The number of Topliss-reactive ketones (excluding diaryl/α,β-unsaturated/α-hetero) is 1. The van der Waals surface area contributed by atoms with Gasteiger partial charge in [-0.25, -0.2) is 9.97 Å². The van der Waals surface area contributed by atoms with E-state index < -0.39 is 5.92 Å². The minimum absolute atomic E-state index is 0.0247. The maximum Gasteiger partial charge on any atom is 0.233 e. The SMILES string of the molecule is CC1C[C@]2(C)CC(=O)[C@H]1C1C(=O)N(CCCCN3CCN(c4ncccn4)CC3)C(=O)C12. The molecule has 5 aliphatic rings. The van der Waals surface area contributed by atoms with Crippen molar-refractivity contribution in [2.75, 3.05) is 44.2 Å². The highest BCUT2D eigenvalue weighted by Gasteiger charge is 2.66. The van der Waals surface area contributed by atoms with Gasteiger partial charge in [0, 0.05) is 57.5 Å². The molecule has 2 bridgehead atoms. The minimum atomic E-state index is -0.411. The summed E-state index contributed by atoms with van der Waals surface area (Å²) in [6, 6.07) is 1.83. The summed E-state index contributed by atoms with van der Waals surface area (Å²) in [6.45, 7) is 9.29. The Kier molecular flexibility index (Phi) is 5.51. The van der Waals surface area contributed by atoms with Crippen LogP contribution in [0.1, 0.15) is 39.5 Å². The molecule has 32 heavy (non-hydrogen) atoms. The highest BCUT2D eigenvalue weighted by atomic mass is 16.2. The van der Waals surface area contributed by atoms with Gasteiger partial charge in [-0.05, 0) is 43.2 Å². The van der Waals surface area contributed by atoms with Gasteiger partial charge >= 0.3 is 0 Å². The first-order chi connectivity index (χ1) is 15.4. The maximum atomic E-state index is 13.2. The first-order valence-electron chi connectivity index (χ1n) is 12.0. The Labute approximate surface area is 189 Å². The number of amides is 2. The fourth-order valence-corrected chi connectivity index (χ4v) is 6.86. The fraction of sp³-hybridized carbons (Fsp3) is 0.708. The van der Waals surface area contributed by atoms with Gasteiger partial charge in [0.25, 0.3) is 0 Å². The molecule has 2 saturated heterocycles. The number of ketones is 1. The summed E-state index contributed by atoms with van der Waals surface area (Å²) in [4.78, 5) is 53.8. The quantitative estimate of drug-likeness (QED) is 0.492. The number of hydrogen-bond donors (Lipinski definition) is 0. The molecule has 172 valence electrons. The van der Waals surface area contributed by atoms with Crippen molar-refractivity contribution in [3.8, 4) is 0 Å². The number of carbonyl (C=O) groups excluding carboxylic acids is 3. The molecule has 8 heteroatoms. The summed E-state index contributed by atoms with van der Waals surface area (Å²) in [6.07, 6.45) is 6.63. The largest absolute Gasteiger partial charge is 0.338 e. The molecule has 6 rings (SSSR count). The summed E-state index contributed by atoms with van der Waals surface area (Å²) in [5.74, 6) is 0.0987. The first kappa shape index (κ1) is 21.5. The van der Waals surface area contributed by atoms with E-state index in [-0.39, 0.29) is 40.8 Å². The van der Waals surface area contributed by atoms with Crippen molar-refractivity contribution < 1.29 is 14.4 Å². The number of carbonyl (C=O) groups is 3. The molecule has 3 unspecified atom stereocenters. The van der Waals surface area contributed by atoms with Gasteiger partial charge in [-0.2, -0.15) is 0 Å². The van der Waals surface area contributed by atoms with Crippen LogP contribution in [0, 0.1) is 29.1 Å². The van der Waals surface area contributed by atoms with Gasteiger partial charge in [-0.15, -0.1) is 0 Å². The predicted octanol–water partition coefficient (Wildman–Crippen LogP) is 1.62. The van der Waals surface area contributed by atoms with Crippen LogP contribution < -0.4 is 4.90 Å². The molecule has 3 heterocycles. The molecule has 5 atom stereocenters. The van der Waals surface area contributed by atoms with E-state index in [0.29, 0.717) is 13.0 Å². The number of fused-ring (bicyclic) bond motifs is 2. The number of piperazine rings is 1. The van der Waals surface area contributed by atoms with Gasteiger partial charge in [0.15, 0.2) is 0 Å². The van der Waals surface area contributed by atoms with Crippen LogP contribution in [0.3, 0.4) is 0 Å². The Morgan fingerprint density at radius 1 is 0.969 bits per heavy atom. The summed E-state index contributed by atoms with van der Waals surface area (Å²) >= 11 is 0. The number of likely N-dealkylation sites (tertiary alicyclic amines) is 1. The highest BCUT2D eigenvalue weighted by molar-refractivity contribution is 6.09. The van der Waals surface area contributed by atoms with Crippen molar-refractivity contribution in [1.29, 1.82) is 0 Å². The van der Waals surface area contributed by atoms with E-state index in [9.17, 15) is 14.4 Å². The lowest BCUT2D eigenvalue weighted by molar-refractivity contribution is -0.157. The van der Waals surface area contributed by atoms with E-state index in [1.807, 2.05) is 13.0 Å². The van der Waals surface area contributed by atoms with Crippen molar-refractivity contribution in [2.24, 2.45) is 29.1 Å². The number of imide groups is 1. The molecule has 2 amide bonds. The van der Waals surface area contributed by atoms with Crippen LogP contribution in [0.4, 0.5) is 5.95 Å². The van der Waals surface area contributed by atoms with E-state index in [1.54, 1.807) is 12.4 Å². The number of hydrogen-bond acceptors (Lipinski definition) is 7. The Bertz CT molecular complexity index is 900. The van der Waals surface area contributed by atoms with Crippen molar-refractivity contribution in [1.82, 2.24) is 19.8 Å². The molecular formula is C24H33N5O3. The Balaban J connectivity index is 1.11. The number of nitrogens with zero attached hydrogens (tertiary/aromatic N) is 5. The third-order valence-electron chi connectivity index (χ3n) is 8.24. The second-order valence-electron chi connectivity index (χ2n) is 10.4. The van der Waals surface area contributed by atoms with Crippen LogP contribution in [0.25, 0.3) is 0 Å². The number of unbranched alkanes of at least 4 members (excludes halogenated alkanes) is 1. The van der Waals surface area contributed by atoms with Gasteiger partial charge in [0.1, 0.15) is 5.78 Å². The molecule has 2 aliphatic heterocycles. The lowest BCUT2D eigenvalue weighted by Gasteiger charge is -2.52. The lowest BCUT2D eigenvalue weighted by Crippen LogP contribution is -2.56. The van der Waals surface area contributed by atoms with E-state index in [1.165, 1.54) is 4.90 Å². The van der Waals surface area contributed by atoms with Gasteiger partial charge in [-0.1, -0.05) is 13.8 Å². The summed E-state index contributed by atoms with van der Waals surface area (Å²) in [5.41, 5.74) is -0.348. The zero-order valence-electron chi connectivity index (χ0n) is 19.1. The van der Waals surface area contributed by atoms with Gasteiger partial charge in [-0.3, -0.25) is 24.2 Å². The molecule has 5 fully saturated rings. The Hall–Kier alpha value is -2.35. The van der Waals surface area contributed by atoms with Crippen molar-refractivity contribution in [3.63, 3.8) is 0 Å². The van der Waals surface area contributed by atoms with Gasteiger partial charge < -0.3 is 4.90 Å². The molecule has 1 aromatic rings. The third kappa shape index (κ3) is 3.52. The second kappa shape index (κ2) is 8.21. The van der Waals surface area contributed by atoms with Crippen molar-refractivity contribution in [2.45, 2.75) is 39.5 Å². The van der Waals surface area contributed by atoms with Crippen molar-refractivity contribution in [3.05, 3.63) is 18.5 Å². The Morgan fingerprint density at radius 3 is 2.34 bits per heavy atom. The molecule has 8 nitrogen and oxygen atoms in total.